The normalized spacial score (nSPS) is 25.8. The summed E-state index contributed by atoms with van der Waals surface area (Å²) >= 11 is 0. The first kappa shape index (κ1) is 10.1. The minimum absolute atomic E-state index is 0.739. The zero-order valence-corrected chi connectivity index (χ0v) is 8.72. The summed E-state index contributed by atoms with van der Waals surface area (Å²) in [6.07, 6.45) is 5.21. The second-order valence-corrected chi connectivity index (χ2v) is 4.13. The lowest BCUT2D eigenvalue weighted by atomic mass is 9.81. The molecule has 70 valence electrons. The average Bonchev–Trinajstić information content (AvgIpc) is 2.04. The van der Waals surface area contributed by atoms with Gasteiger partial charge in [0, 0.05) is 6.08 Å². The molecule has 0 bridgehead atoms. The summed E-state index contributed by atoms with van der Waals surface area (Å²) in [5, 5.41) is 8.66. The van der Waals surface area contributed by atoms with Crippen molar-refractivity contribution in [1.82, 2.24) is 0 Å². The summed E-state index contributed by atoms with van der Waals surface area (Å²) in [5.74, 6) is 0.739. The fourth-order valence-electron chi connectivity index (χ4n) is 1.95. The van der Waals surface area contributed by atoms with Gasteiger partial charge in [0.1, 0.15) is 0 Å². The lowest BCUT2D eigenvalue weighted by Gasteiger charge is -2.24. The molecule has 1 nitrogen and oxygen atoms in total. The van der Waals surface area contributed by atoms with E-state index in [4.69, 9.17) is 5.26 Å². The molecule has 1 aliphatic carbocycles. The molecule has 1 heteroatoms. The van der Waals surface area contributed by atoms with Crippen molar-refractivity contribution in [2.45, 2.75) is 40.0 Å². The van der Waals surface area contributed by atoms with Gasteiger partial charge in [0.15, 0.2) is 0 Å². The van der Waals surface area contributed by atoms with Crippen molar-refractivity contribution in [2.75, 3.05) is 0 Å². The Morgan fingerprint density at radius 1 is 1.54 bits per heavy atom. The number of nitriles is 1. The van der Waals surface area contributed by atoms with Crippen molar-refractivity contribution in [1.29, 1.82) is 5.26 Å². The molecule has 1 aliphatic rings. The van der Waals surface area contributed by atoms with E-state index in [1.54, 1.807) is 6.08 Å². The summed E-state index contributed by atoms with van der Waals surface area (Å²) in [4.78, 5) is 0. The Labute approximate surface area is 80.8 Å². The van der Waals surface area contributed by atoms with Crippen LogP contribution in [0, 0.1) is 17.2 Å². The average molecular weight is 175 g/mol. The van der Waals surface area contributed by atoms with Crippen LogP contribution in [0.4, 0.5) is 0 Å². The Bertz CT molecular complexity index is 285. The van der Waals surface area contributed by atoms with Gasteiger partial charge in [-0.05, 0) is 50.2 Å². The molecule has 1 fully saturated rings. The van der Waals surface area contributed by atoms with E-state index in [0.29, 0.717) is 0 Å². The van der Waals surface area contributed by atoms with E-state index in [2.05, 4.69) is 26.8 Å². The van der Waals surface area contributed by atoms with Gasteiger partial charge in [-0.2, -0.15) is 5.26 Å². The Hall–Kier alpha value is -1.03. The summed E-state index contributed by atoms with van der Waals surface area (Å²) in [6.45, 7) is 6.53. The van der Waals surface area contributed by atoms with Crippen molar-refractivity contribution in [3.63, 3.8) is 0 Å². The van der Waals surface area contributed by atoms with E-state index in [9.17, 15) is 0 Å². The molecule has 0 spiro atoms. The van der Waals surface area contributed by atoms with Crippen molar-refractivity contribution in [3.8, 4) is 6.07 Å². The minimum Gasteiger partial charge on any atom is -0.193 e. The van der Waals surface area contributed by atoms with E-state index in [1.807, 2.05) is 0 Å². The van der Waals surface area contributed by atoms with E-state index in [-0.39, 0.29) is 0 Å². The van der Waals surface area contributed by atoms with E-state index in [0.717, 1.165) is 18.8 Å². The van der Waals surface area contributed by atoms with Gasteiger partial charge in [-0.15, -0.1) is 0 Å². The minimum atomic E-state index is 0.739. The standard InChI is InChI=1S/C12H17N/c1-9(2)12-5-4-10(3)8-11(12)6-7-13/h6,10H,4-5,8H2,1-3H3. The Morgan fingerprint density at radius 2 is 2.23 bits per heavy atom. The number of hydrogen-bond acceptors (Lipinski definition) is 1. The maximum Gasteiger partial charge on any atom is 0.0915 e. The zero-order chi connectivity index (χ0) is 9.84. The quantitative estimate of drug-likeness (QED) is 0.516. The van der Waals surface area contributed by atoms with Crippen LogP contribution in [0.3, 0.4) is 0 Å². The maximum atomic E-state index is 8.66. The van der Waals surface area contributed by atoms with Crippen molar-refractivity contribution >= 4 is 0 Å². The van der Waals surface area contributed by atoms with Gasteiger partial charge in [-0.3, -0.25) is 0 Å². The van der Waals surface area contributed by atoms with Crippen molar-refractivity contribution in [2.24, 2.45) is 5.92 Å². The first-order valence-electron chi connectivity index (χ1n) is 4.90. The van der Waals surface area contributed by atoms with Crippen molar-refractivity contribution in [3.05, 3.63) is 22.8 Å². The fraction of sp³-hybridized carbons (Fsp3) is 0.583. The summed E-state index contributed by atoms with van der Waals surface area (Å²) < 4.78 is 0. The molecule has 1 rings (SSSR count). The van der Waals surface area contributed by atoms with Crippen LogP contribution < -0.4 is 0 Å². The van der Waals surface area contributed by atoms with Crippen LogP contribution in [-0.4, -0.2) is 0 Å². The summed E-state index contributed by atoms with van der Waals surface area (Å²) in [5.41, 5.74) is 4.05. The van der Waals surface area contributed by atoms with Gasteiger partial charge in [0.2, 0.25) is 0 Å². The molecule has 1 unspecified atom stereocenters. The Balaban J connectivity index is 2.93. The Kier molecular flexibility index (Phi) is 3.31. The molecular weight excluding hydrogens is 158 g/mol. The smallest absolute Gasteiger partial charge is 0.0915 e. The largest absolute Gasteiger partial charge is 0.193 e. The first-order valence-corrected chi connectivity index (χ1v) is 4.90. The molecule has 1 saturated carbocycles. The lowest BCUT2D eigenvalue weighted by Crippen LogP contribution is -2.08. The second-order valence-electron chi connectivity index (χ2n) is 4.13. The third kappa shape index (κ3) is 2.45. The number of allylic oxidation sites excluding steroid dienone is 4. The van der Waals surface area contributed by atoms with Crippen LogP contribution in [0.1, 0.15) is 40.0 Å². The number of nitrogens with zero attached hydrogens (tertiary/aromatic N) is 1. The van der Waals surface area contributed by atoms with Crippen LogP contribution in [0.15, 0.2) is 22.8 Å². The lowest BCUT2D eigenvalue weighted by molar-refractivity contribution is 0.495. The van der Waals surface area contributed by atoms with Crippen LogP contribution in [0.2, 0.25) is 0 Å². The molecule has 1 atom stereocenters. The van der Waals surface area contributed by atoms with Gasteiger partial charge in [-0.1, -0.05) is 12.5 Å². The highest BCUT2D eigenvalue weighted by molar-refractivity contribution is 5.38. The topological polar surface area (TPSA) is 23.8 Å². The highest BCUT2D eigenvalue weighted by Crippen LogP contribution is 2.34. The fourth-order valence-corrected chi connectivity index (χ4v) is 1.95. The van der Waals surface area contributed by atoms with Crippen molar-refractivity contribution < 1.29 is 0 Å². The van der Waals surface area contributed by atoms with Crippen LogP contribution in [0.5, 0.6) is 0 Å². The third-order valence-corrected chi connectivity index (χ3v) is 2.69. The molecule has 0 amide bonds. The van der Waals surface area contributed by atoms with Crippen LogP contribution in [-0.2, 0) is 0 Å². The summed E-state index contributed by atoms with van der Waals surface area (Å²) in [6, 6.07) is 2.15. The van der Waals surface area contributed by atoms with Gasteiger partial charge in [0.05, 0.1) is 6.07 Å². The molecule has 0 aromatic carbocycles. The molecule has 0 saturated heterocycles. The predicted molar refractivity (Wildman–Crippen MR) is 55.1 cm³/mol. The summed E-state index contributed by atoms with van der Waals surface area (Å²) in [7, 11) is 0. The number of hydrogen-bond donors (Lipinski definition) is 0. The molecule has 0 N–H and O–H groups in total. The zero-order valence-electron chi connectivity index (χ0n) is 8.72. The van der Waals surface area contributed by atoms with Gasteiger partial charge < -0.3 is 0 Å². The third-order valence-electron chi connectivity index (χ3n) is 2.69. The molecule has 13 heavy (non-hydrogen) atoms. The van der Waals surface area contributed by atoms with E-state index < -0.39 is 0 Å². The van der Waals surface area contributed by atoms with E-state index in [1.165, 1.54) is 23.1 Å². The molecule has 0 aromatic rings. The van der Waals surface area contributed by atoms with E-state index >= 15 is 0 Å². The highest BCUT2D eigenvalue weighted by Gasteiger charge is 2.17. The van der Waals surface area contributed by atoms with Gasteiger partial charge in [-0.25, -0.2) is 0 Å². The number of rotatable bonds is 0. The molecular formula is C12H17N. The highest BCUT2D eigenvalue weighted by atomic mass is 14.3. The Morgan fingerprint density at radius 3 is 2.77 bits per heavy atom. The van der Waals surface area contributed by atoms with Gasteiger partial charge in [0.25, 0.3) is 0 Å². The molecule has 0 aliphatic heterocycles. The SMILES string of the molecule is CC(C)=C1CCC(C)CC1=CC#N. The monoisotopic (exact) mass is 175 g/mol. The predicted octanol–water partition coefficient (Wildman–Crippen LogP) is 3.59. The van der Waals surface area contributed by atoms with Gasteiger partial charge >= 0.3 is 0 Å². The maximum absolute atomic E-state index is 8.66. The van der Waals surface area contributed by atoms with Crippen LogP contribution >= 0.6 is 0 Å². The molecule has 0 aromatic heterocycles. The first-order chi connectivity index (χ1) is 6.15. The molecule has 0 heterocycles. The second kappa shape index (κ2) is 4.28. The van der Waals surface area contributed by atoms with Crippen LogP contribution in [0.25, 0.3) is 0 Å². The molecule has 0 radical (unpaired) electrons.